The summed E-state index contributed by atoms with van der Waals surface area (Å²) in [4.78, 5) is 21.8. The van der Waals surface area contributed by atoms with E-state index in [4.69, 9.17) is 0 Å². The Morgan fingerprint density at radius 1 is 1.17 bits per heavy atom. The largest absolute Gasteiger partial charge is 0.373 e. The maximum Gasteiger partial charge on any atom is 0.231 e. The van der Waals surface area contributed by atoms with Gasteiger partial charge in [0, 0.05) is 37.9 Å². The van der Waals surface area contributed by atoms with Crippen molar-refractivity contribution in [1.29, 1.82) is 0 Å². The van der Waals surface area contributed by atoms with Crippen molar-refractivity contribution in [2.45, 2.75) is 31.7 Å². The van der Waals surface area contributed by atoms with Crippen LogP contribution in [0.3, 0.4) is 0 Å². The van der Waals surface area contributed by atoms with E-state index in [1.807, 2.05) is 29.3 Å². The molecule has 0 spiro atoms. The Morgan fingerprint density at radius 3 is 2.71 bits per heavy atom. The first-order valence-corrected chi connectivity index (χ1v) is 8.70. The van der Waals surface area contributed by atoms with Crippen molar-refractivity contribution in [3.05, 3.63) is 54.4 Å². The summed E-state index contributed by atoms with van der Waals surface area (Å²) in [6, 6.07) is 12.5. The van der Waals surface area contributed by atoms with E-state index in [1.54, 1.807) is 6.20 Å². The quantitative estimate of drug-likeness (QED) is 0.850. The van der Waals surface area contributed by atoms with Crippen LogP contribution >= 0.6 is 0 Å². The van der Waals surface area contributed by atoms with Crippen LogP contribution in [0.5, 0.6) is 0 Å². The van der Waals surface area contributed by atoms with Crippen LogP contribution in [0.2, 0.25) is 0 Å². The van der Waals surface area contributed by atoms with Crippen LogP contribution in [-0.2, 0) is 4.79 Å². The molecule has 1 amide bonds. The number of benzene rings is 1. The lowest BCUT2D eigenvalue weighted by Gasteiger charge is -2.29. The minimum absolute atomic E-state index is 0.0908. The average molecular weight is 321 g/mol. The fourth-order valence-corrected chi connectivity index (χ4v) is 3.80. The summed E-state index contributed by atoms with van der Waals surface area (Å²) in [7, 11) is 2.11. The molecule has 124 valence electrons. The number of nitrogens with zero attached hydrogens (tertiary/aromatic N) is 3. The van der Waals surface area contributed by atoms with Crippen LogP contribution in [0.15, 0.2) is 48.8 Å². The lowest BCUT2D eigenvalue weighted by molar-refractivity contribution is -0.120. The molecule has 1 saturated carbocycles. The molecular formula is C20H23N3O. The predicted octanol–water partition coefficient (Wildman–Crippen LogP) is 3.45. The highest BCUT2D eigenvalue weighted by Crippen LogP contribution is 2.49. The van der Waals surface area contributed by atoms with Gasteiger partial charge in [0.15, 0.2) is 0 Å². The van der Waals surface area contributed by atoms with E-state index < -0.39 is 0 Å². The van der Waals surface area contributed by atoms with Crippen molar-refractivity contribution in [3.63, 3.8) is 0 Å². The smallest absolute Gasteiger partial charge is 0.231 e. The Balaban J connectivity index is 1.63. The Kier molecular flexibility index (Phi) is 3.75. The van der Waals surface area contributed by atoms with Crippen molar-refractivity contribution >= 4 is 17.3 Å². The van der Waals surface area contributed by atoms with Crippen LogP contribution in [-0.4, -0.2) is 30.5 Å². The van der Waals surface area contributed by atoms with E-state index in [-0.39, 0.29) is 17.9 Å². The second-order valence-corrected chi connectivity index (χ2v) is 6.99. The summed E-state index contributed by atoms with van der Waals surface area (Å²) in [5, 5.41) is 0. The van der Waals surface area contributed by atoms with E-state index in [1.165, 1.54) is 5.56 Å². The van der Waals surface area contributed by atoms with Gasteiger partial charge >= 0.3 is 0 Å². The minimum atomic E-state index is 0.0908. The highest BCUT2D eigenvalue weighted by Gasteiger charge is 2.47. The van der Waals surface area contributed by atoms with Crippen LogP contribution in [0, 0.1) is 5.92 Å². The first-order chi connectivity index (χ1) is 11.7. The van der Waals surface area contributed by atoms with Crippen molar-refractivity contribution in [2.75, 3.05) is 23.4 Å². The van der Waals surface area contributed by atoms with Gasteiger partial charge in [-0.2, -0.15) is 0 Å². The molecular weight excluding hydrogens is 298 g/mol. The van der Waals surface area contributed by atoms with Gasteiger partial charge < -0.3 is 9.80 Å². The Morgan fingerprint density at radius 2 is 1.96 bits per heavy atom. The third-order valence-corrected chi connectivity index (χ3v) is 5.33. The normalized spacial score (nSPS) is 25.8. The highest BCUT2D eigenvalue weighted by molar-refractivity contribution is 6.01. The summed E-state index contributed by atoms with van der Waals surface area (Å²) in [6.45, 7) is 3.13. The molecule has 1 aliphatic carbocycles. The molecule has 2 aromatic rings. The van der Waals surface area contributed by atoms with Gasteiger partial charge in [0.1, 0.15) is 0 Å². The van der Waals surface area contributed by atoms with Gasteiger partial charge in [-0.05, 0) is 49.4 Å². The topological polar surface area (TPSA) is 36.4 Å². The molecule has 4 nitrogen and oxygen atoms in total. The SMILES string of the molecule is CC1CCN(C)c2ccccc2N1C(=O)C1CC1c1cccnc1. The predicted molar refractivity (Wildman–Crippen MR) is 96.4 cm³/mol. The van der Waals surface area contributed by atoms with E-state index >= 15 is 0 Å². The number of anilines is 2. The lowest BCUT2D eigenvalue weighted by Crippen LogP contribution is -2.39. The summed E-state index contributed by atoms with van der Waals surface area (Å²) in [5.74, 6) is 0.679. The Hall–Kier alpha value is -2.36. The number of fused-ring (bicyclic) bond motifs is 1. The van der Waals surface area contributed by atoms with E-state index in [9.17, 15) is 4.79 Å². The maximum atomic E-state index is 13.3. The summed E-state index contributed by atoms with van der Waals surface area (Å²) in [5.41, 5.74) is 3.38. The number of hydrogen-bond donors (Lipinski definition) is 0. The zero-order chi connectivity index (χ0) is 16.7. The second-order valence-electron chi connectivity index (χ2n) is 6.99. The Bertz CT molecular complexity index is 746. The molecule has 1 aromatic carbocycles. The number of para-hydroxylation sites is 2. The molecule has 1 aliphatic heterocycles. The number of rotatable bonds is 2. The standard InChI is InChI=1S/C20H23N3O/c1-14-9-11-22(2)18-7-3-4-8-19(18)23(14)20(24)17-12-16(17)15-6-5-10-21-13-15/h3-8,10,13-14,16-17H,9,11-12H2,1-2H3. The van der Waals surface area contributed by atoms with Crippen molar-refractivity contribution in [2.24, 2.45) is 5.92 Å². The average Bonchev–Trinajstić information content (AvgIpc) is 3.42. The molecule has 0 bridgehead atoms. The molecule has 0 saturated heterocycles. The molecule has 2 aliphatic rings. The van der Waals surface area contributed by atoms with Gasteiger partial charge in [-0.1, -0.05) is 18.2 Å². The summed E-state index contributed by atoms with van der Waals surface area (Å²) >= 11 is 0. The molecule has 0 radical (unpaired) electrons. The Labute approximate surface area is 143 Å². The molecule has 1 aromatic heterocycles. The van der Waals surface area contributed by atoms with E-state index in [0.29, 0.717) is 5.92 Å². The van der Waals surface area contributed by atoms with Gasteiger partial charge in [-0.3, -0.25) is 9.78 Å². The highest BCUT2D eigenvalue weighted by atomic mass is 16.2. The summed E-state index contributed by atoms with van der Waals surface area (Å²) in [6.07, 6.45) is 5.60. The molecule has 3 unspecified atom stereocenters. The molecule has 1 fully saturated rings. The van der Waals surface area contributed by atoms with Gasteiger partial charge in [0.05, 0.1) is 11.4 Å². The maximum absolute atomic E-state index is 13.3. The van der Waals surface area contributed by atoms with E-state index in [0.717, 1.165) is 30.8 Å². The third-order valence-electron chi connectivity index (χ3n) is 5.33. The number of aromatic nitrogens is 1. The fourth-order valence-electron chi connectivity index (χ4n) is 3.80. The van der Waals surface area contributed by atoms with Crippen molar-refractivity contribution < 1.29 is 4.79 Å². The fraction of sp³-hybridized carbons (Fsp3) is 0.400. The van der Waals surface area contributed by atoms with Gasteiger partial charge in [0.25, 0.3) is 0 Å². The number of amides is 1. The number of carbonyl (C=O) groups is 1. The second kappa shape index (κ2) is 5.93. The van der Waals surface area contributed by atoms with Crippen LogP contribution in [0.25, 0.3) is 0 Å². The van der Waals surface area contributed by atoms with Crippen LogP contribution in [0.4, 0.5) is 11.4 Å². The van der Waals surface area contributed by atoms with Crippen molar-refractivity contribution in [3.8, 4) is 0 Å². The molecule has 4 heteroatoms. The molecule has 0 N–H and O–H groups in total. The minimum Gasteiger partial charge on any atom is -0.373 e. The molecule has 3 atom stereocenters. The third kappa shape index (κ3) is 2.56. The van der Waals surface area contributed by atoms with Gasteiger partial charge in [-0.15, -0.1) is 0 Å². The van der Waals surface area contributed by atoms with E-state index in [2.05, 4.69) is 42.1 Å². The zero-order valence-corrected chi connectivity index (χ0v) is 14.2. The zero-order valence-electron chi connectivity index (χ0n) is 14.2. The van der Waals surface area contributed by atoms with Crippen LogP contribution < -0.4 is 9.80 Å². The molecule has 24 heavy (non-hydrogen) atoms. The van der Waals surface area contributed by atoms with Gasteiger partial charge in [-0.25, -0.2) is 0 Å². The first kappa shape index (κ1) is 15.2. The number of pyridine rings is 1. The molecule has 2 heterocycles. The first-order valence-electron chi connectivity index (χ1n) is 8.70. The lowest BCUT2D eigenvalue weighted by atomic mass is 10.1. The van der Waals surface area contributed by atoms with Crippen LogP contribution in [0.1, 0.15) is 31.2 Å². The number of hydrogen-bond acceptors (Lipinski definition) is 3. The summed E-state index contributed by atoms with van der Waals surface area (Å²) < 4.78 is 0. The number of carbonyl (C=O) groups excluding carboxylic acids is 1. The molecule has 4 rings (SSSR count). The van der Waals surface area contributed by atoms with Crippen molar-refractivity contribution in [1.82, 2.24) is 4.98 Å². The van der Waals surface area contributed by atoms with Gasteiger partial charge in [0.2, 0.25) is 5.91 Å². The monoisotopic (exact) mass is 321 g/mol.